The van der Waals surface area contributed by atoms with E-state index in [2.05, 4.69) is 120 Å². The van der Waals surface area contributed by atoms with E-state index >= 15 is 0 Å². The zero-order chi connectivity index (χ0) is 32.9. The second kappa shape index (κ2) is 10.3. The number of nitrogens with zero attached hydrogens (tertiary/aromatic N) is 2. The van der Waals surface area contributed by atoms with Gasteiger partial charge in [0.1, 0.15) is 0 Å². The van der Waals surface area contributed by atoms with Gasteiger partial charge in [-0.1, -0.05) is 103 Å². The predicted octanol–water partition coefficient (Wildman–Crippen LogP) is 12.2. The fraction of sp³-hybridized carbons (Fsp3) is 0. The average molecular weight is 655 g/mol. The Labute approximate surface area is 289 Å². The Balaban J connectivity index is 1.13. The minimum absolute atomic E-state index is 0.0626. The summed E-state index contributed by atoms with van der Waals surface area (Å²) >= 11 is 1.79. The van der Waals surface area contributed by atoms with Gasteiger partial charge in [-0.3, -0.25) is 14.3 Å². The number of para-hydroxylation sites is 2. The molecule has 4 heteroatoms. The van der Waals surface area contributed by atoms with Crippen LogP contribution in [0.2, 0.25) is 0 Å². The Kier molecular flexibility index (Phi) is 5.69. The van der Waals surface area contributed by atoms with E-state index in [1.165, 1.54) is 58.2 Å². The summed E-state index contributed by atoms with van der Waals surface area (Å²) in [4.78, 5) is 19.0. The molecule has 3 heterocycles. The van der Waals surface area contributed by atoms with Crippen molar-refractivity contribution in [3.8, 4) is 16.8 Å². The lowest BCUT2D eigenvalue weighted by Gasteiger charge is -2.14. The summed E-state index contributed by atoms with van der Waals surface area (Å²) in [6.45, 7) is 0. The monoisotopic (exact) mass is 654 g/mol. The van der Waals surface area contributed by atoms with Crippen LogP contribution in [0.15, 0.2) is 163 Å². The topological polar surface area (TPSA) is 34.9 Å². The van der Waals surface area contributed by atoms with Crippen molar-refractivity contribution in [3.63, 3.8) is 0 Å². The Hall–Kier alpha value is -6.36. The van der Waals surface area contributed by atoms with Crippen molar-refractivity contribution < 1.29 is 0 Å². The Morgan fingerprint density at radius 3 is 1.72 bits per heavy atom. The molecule has 0 saturated heterocycles. The fourth-order valence-electron chi connectivity index (χ4n) is 8.13. The molecule has 8 aromatic carbocycles. The van der Waals surface area contributed by atoms with Gasteiger partial charge < -0.3 is 0 Å². The highest BCUT2D eigenvalue weighted by Gasteiger charge is 2.17. The summed E-state index contributed by atoms with van der Waals surface area (Å²) in [6, 6.07) is 53.8. The molecular weight excluding hydrogens is 629 g/mol. The molecule has 0 N–H and O–H groups in total. The van der Waals surface area contributed by atoms with Gasteiger partial charge in [-0.05, 0) is 92.0 Å². The van der Waals surface area contributed by atoms with Gasteiger partial charge in [-0.15, -0.1) is 11.3 Å². The molecule has 0 amide bonds. The lowest BCUT2D eigenvalue weighted by Crippen LogP contribution is -2.19. The second-order valence-corrected chi connectivity index (χ2v) is 14.2. The highest BCUT2D eigenvalue weighted by Crippen LogP contribution is 2.41. The standard InChI is InChI=1S/C46H26N2OS/c49-46-40-26-47-41-15-7-5-13-35(41)45(40)36-14-6-8-16-42(36)48(46)29-19-22-44-39(25-29)38-24-28(18-21-43(38)50-44)27-17-20-34-32-11-2-1-9-30(32)31-10-3-4-12-33(31)37(34)23-27/h1-26H. The van der Waals surface area contributed by atoms with Gasteiger partial charge in [-0.2, -0.15) is 0 Å². The highest BCUT2D eigenvalue weighted by atomic mass is 32.1. The van der Waals surface area contributed by atoms with Gasteiger partial charge in [-0.25, -0.2) is 0 Å². The summed E-state index contributed by atoms with van der Waals surface area (Å²) in [5, 5.41) is 13.6. The number of fused-ring (bicyclic) bond motifs is 14. The second-order valence-electron chi connectivity index (χ2n) is 13.1. The number of aromatic nitrogens is 2. The van der Waals surface area contributed by atoms with Crippen molar-refractivity contribution in [2.45, 2.75) is 0 Å². The summed E-state index contributed by atoms with van der Waals surface area (Å²) in [6.07, 6.45) is 1.74. The third-order valence-electron chi connectivity index (χ3n) is 10.4. The number of benzene rings is 8. The smallest absolute Gasteiger partial charge is 0.265 e. The van der Waals surface area contributed by atoms with Crippen LogP contribution < -0.4 is 5.56 Å². The Morgan fingerprint density at radius 1 is 0.440 bits per heavy atom. The van der Waals surface area contributed by atoms with Crippen molar-refractivity contribution in [3.05, 3.63) is 168 Å². The third-order valence-corrected chi connectivity index (χ3v) is 11.6. The van der Waals surface area contributed by atoms with Crippen molar-refractivity contribution in [1.82, 2.24) is 9.55 Å². The molecule has 0 atom stereocenters. The average Bonchev–Trinajstić information content (AvgIpc) is 3.55. The molecule has 3 aromatic heterocycles. The van der Waals surface area contributed by atoms with Crippen LogP contribution in [0.1, 0.15) is 0 Å². The first-order chi connectivity index (χ1) is 24.7. The largest absolute Gasteiger partial charge is 0.276 e. The van der Waals surface area contributed by atoms with E-state index in [1.54, 1.807) is 17.5 Å². The molecular formula is C46H26N2OS. The van der Waals surface area contributed by atoms with E-state index < -0.39 is 0 Å². The molecule has 0 saturated carbocycles. The molecule has 0 bridgehead atoms. The van der Waals surface area contributed by atoms with E-state index in [0.717, 1.165) is 38.3 Å². The first kappa shape index (κ1) is 27.6. The number of rotatable bonds is 2. The van der Waals surface area contributed by atoms with Crippen LogP contribution in [-0.4, -0.2) is 9.55 Å². The molecule has 0 aliphatic heterocycles. The van der Waals surface area contributed by atoms with Gasteiger partial charge in [0, 0.05) is 48.2 Å². The molecule has 0 fully saturated rings. The van der Waals surface area contributed by atoms with Crippen molar-refractivity contribution in [2.24, 2.45) is 0 Å². The van der Waals surface area contributed by atoms with Crippen LogP contribution in [0.5, 0.6) is 0 Å². The van der Waals surface area contributed by atoms with Gasteiger partial charge in [0.15, 0.2) is 0 Å². The summed E-state index contributed by atoms with van der Waals surface area (Å²) in [5.74, 6) is 0. The van der Waals surface area contributed by atoms with Gasteiger partial charge in [0.25, 0.3) is 5.56 Å². The van der Waals surface area contributed by atoms with Crippen LogP contribution in [0.3, 0.4) is 0 Å². The minimum atomic E-state index is -0.0626. The molecule has 11 aromatic rings. The van der Waals surface area contributed by atoms with E-state index in [0.29, 0.717) is 5.39 Å². The third kappa shape index (κ3) is 3.85. The van der Waals surface area contributed by atoms with E-state index in [-0.39, 0.29) is 5.56 Å². The zero-order valence-corrected chi connectivity index (χ0v) is 27.5. The fourth-order valence-corrected chi connectivity index (χ4v) is 9.20. The van der Waals surface area contributed by atoms with Crippen molar-refractivity contribution in [2.75, 3.05) is 0 Å². The van der Waals surface area contributed by atoms with Gasteiger partial charge in [0.2, 0.25) is 0 Å². The molecule has 3 nitrogen and oxygen atoms in total. The maximum Gasteiger partial charge on any atom is 0.265 e. The number of thiophene rings is 1. The first-order valence-corrected chi connectivity index (χ1v) is 17.6. The summed E-state index contributed by atoms with van der Waals surface area (Å²) in [7, 11) is 0. The van der Waals surface area contributed by atoms with Gasteiger partial charge >= 0.3 is 0 Å². The van der Waals surface area contributed by atoms with Crippen LogP contribution in [0.25, 0.3) is 102 Å². The lowest BCUT2D eigenvalue weighted by atomic mass is 9.92. The molecule has 0 spiro atoms. The maximum absolute atomic E-state index is 14.4. The lowest BCUT2D eigenvalue weighted by molar-refractivity contribution is 1.06. The number of hydrogen-bond acceptors (Lipinski definition) is 3. The molecule has 0 aliphatic carbocycles. The molecule has 50 heavy (non-hydrogen) atoms. The number of hydrogen-bond donors (Lipinski definition) is 0. The summed E-state index contributed by atoms with van der Waals surface area (Å²) < 4.78 is 4.28. The van der Waals surface area contributed by atoms with Crippen LogP contribution in [0, 0.1) is 0 Å². The van der Waals surface area contributed by atoms with Crippen molar-refractivity contribution >= 4 is 96.4 Å². The quantitative estimate of drug-likeness (QED) is 0.174. The van der Waals surface area contributed by atoms with Crippen LogP contribution >= 0.6 is 11.3 Å². The minimum Gasteiger partial charge on any atom is -0.276 e. The SMILES string of the molecule is O=c1c2cnc3ccccc3c2c2ccccc2n1-c1ccc2sc3ccc(-c4ccc5c6ccccc6c6ccccc6c5c4)cc3c2c1. The Bertz CT molecular complexity index is 3260. The molecule has 0 radical (unpaired) electrons. The van der Waals surface area contributed by atoms with E-state index in [4.69, 9.17) is 0 Å². The highest BCUT2D eigenvalue weighted by molar-refractivity contribution is 7.25. The first-order valence-electron chi connectivity index (χ1n) is 16.8. The van der Waals surface area contributed by atoms with E-state index in [1.807, 2.05) is 41.0 Å². The molecule has 232 valence electrons. The summed E-state index contributed by atoms with van der Waals surface area (Å²) in [5.41, 5.74) is 4.92. The van der Waals surface area contributed by atoms with Crippen LogP contribution in [-0.2, 0) is 0 Å². The maximum atomic E-state index is 14.4. The molecule has 11 rings (SSSR count). The van der Waals surface area contributed by atoms with Gasteiger partial charge in [0.05, 0.1) is 16.4 Å². The normalized spacial score (nSPS) is 12.1. The number of pyridine rings is 2. The molecule has 0 unspecified atom stereocenters. The predicted molar refractivity (Wildman–Crippen MR) is 213 cm³/mol. The Morgan fingerprint density at radius 2 is 0.980 bits per heavy atom. The molecule has 0 aliphatic rings. The zero-order valence-electron chi connectivity index (χ0n) is 26.7. The van der Waals surface area contributed by atoms with E-state index in [9.17, 15) is 4.79 Å². The van der Waals surface area contributed by atoms with Crippen LogP contribution in [0.4, 0.5) is 0 Å². The van der Waals surface area contributed by atoms with Crippen molar-refractivity contribution in [1.29, 1.82) is 0 Å².